The van der Waals surface area contributed by atoms with Crippen molar-refractivity contribution in [2.45, 2.75) is 13.5 Å². The molecule has 104 valence electrons. The largest absolute Gasteiger partial charge is 0.324 e. The van der Waals surface area contributed by atoms with Gasteiger partial charge in [-0.25, -0.2) is 4.98 Å². The standard InChI is InChI=1S/C16H11Cl2N3/c1-2-21-15-4-3-10(9-19)5-14(15)20-16(21)11-6-12(17)8-13(18)7-11/h3-8H,2H2,1H3. The fourth-order valence-electron chi connectivity index (χ4n) is 2.42. The summed E-state index contributed by atoms with van der Waals surface area (Å²) in [4.78, 5) is 4.64. The van der Waals surface area contributed by atoms with Gasteiger partial charge in [0.2, 0.25) is 0 Å². The maximum absolute atomic E-state index is 9.00. The predicted molar refractivity (Wildman–Crippen MR) is 85.6 cm³/mol. The molecule has 0 aliphatic heterocycles. The van der Waals surface area contributed by atoms with Crippen molar-refractivity contribution < 1.29 is 0 Å². The molecule has 3 rings (SSSR count). The fourth-order valence-corrected chi connectivity index (χ4v) is 2.95. The van der Waals surface area contributed by atoms with Crippen molar-refractivity contribution in [3.8, 4) is 17.5 Å². The Hall–Kier alpha value is -2.02. The minimum Gasteiger partial charge on any atom is -0.324 e. The number of aromatic nitrogens is 2. The van der Waals surface area contributed by atoms with E-state index in [0.29, 0.717) is 15.6 Å². The second kappa shape index (κ2) is 5.40. The maximum Gasteiger partial charge on any atom is 0.141 e. The van der Waals surface area contributed by atoms with Gasteiger partial charge in [-0.2, -0.15) is 5.26 Å². The molecule has 0 aliphatic carbocycles. The highest BCUT2D eigenvalue weighted by Crippen LogP contribution is 2.29. The van der Waals surface area contributed by atoms with Gasteiger partial charge in [-0.1, -0.05) is 23.2 Å². The molecule has 0 N–H and O–H groups in total. The highest BCUT2D eigenvalue weighted by Gasteiger charge is 2.13. The first-order valence-corrected chi connectivity index (χ1v) is 7.25. The summed E-state index contributed by atoms with van der Waals surface area (Å²) in [5, 5.41) is 10.1. The van der Waals surface area contributed by atoms with Crippen molar-refractivity contribution in [2.75, 3.05) is 0 Å². The lowest BCUT2D eigenvalue weighted by Gasteiger charge is -2.07. The zero-order valence-corrected chi connectivity index (χ0v) is 12.8. The molecule has 0 aliphatic rings. The second-order valence-corrected chi connectivity index (χ2v) is 5.53. The Morgan fingerprint density at radius 1 is 1.14 bits per heavy atom. The molecule has 1 aromatic heterocycles. The molecule has 0 atom stereocenters. The summed E-state index contributed by atoms with van der Waals surface area (Å²) in [6, 6.07) is 13.0. The maximum atomic E-state index is 9.00. The summed E-state index contributed by atoms with van der Waals surface area (Å²) in [5.74, 6) is 0.798. The quantitative estimate of drug-likeness (QED) is 0.674. The van der Waals surface area contributed by atoms with E-state index >= 15 is 0 Å². The van der Waals surface area contributed by atoms with Crippen LogP contribution in [0.25, 0.3) is 22.4 Å². The van der Waals surface area contributed by atoms with Crippen LogP contribution in [0.5, 0.6) is 0 Å². The van der Waals surface area contributed by atoms with Crippen molar-refractivity contribution in [3.05, 3.63) is 52.0 Å². The molecule has 0 amide bonds. The van der Waals surface area contributed by atoms with Crippen LogP contribution in [0, 0.1) is 11.3 Å². The van der Waals surface area contributed by atoms with Gasteiger partial charge >= 0.3 is 0 Å². The van der Waals surface area contributed by atoms with Gasteiger partial charge < -0.3 is 4.57 Å². The molecule has 3 aromatic rings. The third-order valence-corrected chi connectivity index (χ3v) is 3.75. The number of benzene rings is 2. The molecule has 0 radical (unpaired) electrons. The van der Waals surface area contributed by atoms with Gasteiger partial charge in [-0.15, -0.1) is 0 Å². The molecule has 3 nitrogen and oxygen atoms in total. The summed E-state index contributed by atoms with van der Waals surface area (Å²) in [7, 11) is 0. The van der Waals surface area contributed by atoms with Crippen molar-refractivity contribution in [1.29, 1.82) is 5.26 Å². The third kappa shape index (κ3) is 2.49. The molecule has 0 fully saturated rings. The smallest absolute Gasteiger partial charge is 0.141 e. The van der Waals surface area contributed by atoms with Crippen LogP contribution in [0.3, 0.4) is 0 Å². The fraction of sp³-hybridized carbons (Fsp3) is 0.125. The van der Waals surface area contributed by atoms with E-state index in [-0.39, 0.29) is 0 Å². The Balaban J connectivity index is 2.29. The highest BCUT2D eigenvalue weighted by molar-refractivity contribution is 6.35. The zero-order chi connectivity index (χ0) is 15.0. The van der Waals surface area contributed by atoms with Gasteiger partial charge in [-0.05, 0) is 43.3 Å². The molecule has 0 spiro atoms. The molecule has 5 heteroatoms. The minimum absolute atomic E-state index is 0.574. The lowest BCUT2D eigenvalue weighted by atomic mass is 10.2. The molecule has 0 unspecified atom stereocenters. The lowest BCUT2D eigenvalue weighted by molar-refractivity contribution is 0.796. The summed E-state index contributed by atoms with van der Waals surface area (Å²) in [6.07, 6.45) is 0. The lowest BCUT2D eigenvalue weighted by Crippen LogP contribution is -1.97. The number of hydrogen-bond acceptors (Lipinski definition) is 2. The first kappa shape index (κ1) is 13.9. The molecule has 0 saturated carbocycles. The molecular weight excluding hydrogens is 305 g/mol. The van der Waals surface area contributed by atoms with Crippen LogP contribution in [0.15, 0.2) is 36.4 Å². The predicted octanol–water partition coefficient (Wildman–Crippen LogP) is 4.90. The monoisotopic (exact) mass is 315 g/mol. The van der Waals surface area contributed by atoms with E-state index in [0.717, 1.165) is 29.0 Å². The van der Waals surface area contributed by atoms with Gasteiger partial charge in [-0.3, -0.25) is 0 Å². The van der Waals surface area contributed by atoms with E-state index in [1.54, 1.807) is 18.2 Å². The van der Waals surface area contributed by atoms with E-state index in [1.165, 1.54) is 0 Å². The molecule has 2 aromatic carbocycles. The number of rotatable bonds is 2. The topological polar surface area (TPSA) is 41.6 Å². The average Bonchev–Trinajstić information content (AvgIpc) is 2.83. The third-order valence-electron chi connectivity index (χ3n) is 3.31. The molecule has 0 saturated heterocycles. The normalized spacial score (nSPS) is 10.8. The average molecular weight is 316 g/mol. The number of aryl methyl sites for hydroxylation is 1. The van der Waals surface area contributed by atoms with E-state index in [4.69, 9.17) is 28.5 Å². The van der Waals surface area contributed by atoms with E-state index < -0.39 is 0 Å². The van der Waals surface area contributed by atoms with Crippen molar-refractivity contribution in [2.24, 2.45) is 0 Å². The first-order valence-electron chi connectivity index (χ1n) is 6.49. The Bertz CT molecular complexity index is 855. The number of fused-ring (bicyclic) bond motifs is 1. The van der Waals surface area contributed by atoms with E-state index in [1.807, 2.05) is 18.2 Å². The van der Waals surface area contributed by atoms with Crippen molar-refractivity contribution >= 4 is 34.2 Å². The van der Waals surface area contributed by atoms with Gasteiger partial charge in [0.25, 0.3) is 0 Å². The number of nitrogens with zero attached hydrogens (tertiary/aromatic N) is 3. The van der Waals surface area contributed by atoms with Crippen LogP contribution >= 0.6 is 23.2 Å². The molecule has 1 heterocycles. The molecular formula is C16H11Cl2N3. The second-order valence-electron chi connectivity index (χ2n) is 4.65. The molecule has 21 heavy (non-hydrogen) atoms. The summed E-state index contributed by atoms with van der Waals surface area (Å²) < 4.78 is 2.08. The van der Waals surface area contributed by atoms with E-state index in [2.05, 4.69) is 22.5 Å². The summed E-state index contributed by atoms with van der Waals surface area (Å²) in [6.45, 7) is 2.82. The summed E-state index contributed by atoms with van der Waals surface area (Å²) >= 11 is 12.2. The summed E-state index contributed by atoms with van der Waals surface area (Å²) in [5.41, 5.74) is 3.24. The SMILES string of the molecule is CCn1c(-c2cc(Cl)cc(Cl)c2)nc2cc(C#N)ccc21. The zero-order valence-electron chi connectivity index (χ0n) is 11.3. The van der Waals surface area contributed by atoms with Gasteiger partial charge in [0.1, 0.15) is 5.82 Å². The Morgan fingerprint density at radius 3 is 2.48 bits per heavy atom. The first-order chi connectivity index (χ1) is 10.1. The Kier molecular flexibility index (Phi) is 3.59. The molecule has 0 bridgehead atoms. The van der Waals surface area contributed by atoms with Crippen LogP contribution < -0.4 is 0 Å². The van der Waals surface area contributed by atoms with Gasteiger partial charge in [0.15, 0.2) is 0 Å². The van der Waals surface area contributed by atoms with Crippen LogP contribution in [0.1, 0.15) is 12.5 Å². The van der Waals surface area contributed by atoms with E-state index in [9.17, 15) is 0 Å². The van der Waals surface area contributed by atoms with Gasteiger partial charge in [0, 0.05) is 22.2 Å². The van der Waals surface area contributed by atoms with Gasteiger partial charge in [0.05, 0.1) is 22.7 Å². The minimum atomic E-state index is 0.574. The number of nitriles is 1. The van der Waals surface area contributed by atoms with Crippen LogP contribution in [0.2, 0.25) is 10.0 Å². The Morgan fingerprint density at radius 2 is 1.86 bits per heavy atom. The number of hydrogen-bond donors (Lipinski definition) is 0. The van der Waals surface area contributed by atoms with Crippen LogP contribution in [-0.2, 0) is 6.54 Å². The highest BCUT2D eigenvalue weighted by atomic mass is 35.5. The number of imidazole rings is 1. The van der Waals surface area contributed by atoms with Crippen molar-refractivity contribution in [1.82, 2.24) is 9.55 Å². The van der Waals surface area contributed by atoms with Crippen LogP contribution in [-0.4, -0.2) is 9.55 Å². The van der Waals surface area contributed by atoms with Crippen LogP contribution in [0.4, 0.5) is 0 Å². The Labute approximate surface area is 132 Å². The van der Waals surface area contributed by atoms with Crippen molar-refractivity contribution in [3.63, 3.8) is 0 Å². The number of halogens is 2.